The molecule has 1 aromatic rings. The third-order valence-electron chi connectivity index (χ3n) is 3.02. The van der Waals surface area contributed by atoms with Gasteiger partial charge in [0.2, 0.25) is 15.8 Å². The van der Waals surface area contributed by atoms with E-state index in [4.69, 9.17) is 0 Å². The number of nitrogens with one attached hydrogen (secondary N) is 1. The number of anilines is 1. The van der Waals surface area contributed by atoms with Crippen molar-refractivity contribution in [2.45, 2.75) is 36.6 Å². The van der Waals surface area contributed by atoms with Crippen LogP contribution in [0.2, 0.25) is 0 Å². The summed E-state index contributed by atoms with van der Waals surface area (Å²) in [6.07, 6.45) is 1.86. The van der Waals surface area contributed by atoms with Crippen molar-refractivity contribution in [1.29, 1.82) is 0 Å². The van der Waals surface area contributed by atoms with E-state index in [2.05, 4.69) is 15.3 Å². The second-order valence-electron chi connectivity index (χ2n) is 4.90. The predicted octanol–water partition coefficient (Wildman–Crippen LogP) is 0.659. The molecule has 1 saturated heterocycles. The summed E-state index contributed by atoms with van der Waals surface area (Å²) in [5, 5.41) is 3.34. The molecule has 1 aromatic heterocycles. The van der Waals surface area contributed by atoms with Crippen LogP contribution in [0.25, 0.3) is 0 Å². The molecular weight excluding hydrogens is 290 g/mol. The average Bonchev–Trinajstić information content (AvgIpc) is 2.37. The highest BCUT2D eigenvalue weighted by Crippen LogP contribution is 2.19. The molecule has 0 saturated carbocycles. The summed E-state index contributed by atoms with van der Waals surface area (Å²) in [6.45, 7) is 5.37. The predicted molar refractivity (Wildman–Crippen MR) is 69.5 cm³/mol. The Morgan fingerprint density at radius 1 is 1.25 bits per heavy atom. The molecule has 9 heteroatoms. The van der Waals surface area contributed by atoms with Crippen molar-refractivity contribution in [3.8, 4) is 0 Å². The minimum Gasteiger partial charge on any atom is -0.338 e. The van der Waals surface area contributed by atoms with Crippen LogP contribution in [0, 0.1) is 0 Å². The third kappa shape index (κ3) is 3.04. The maximum atomic E-state index is 12.4. The fourth-order valence-corrected chi connectivity index (χ4v) is 2.82. The monoisotopic (exact) mass is 306 g/mol. The van der Waals surface area contributed by atoms with Crippen LogP contribution in [-0.2, 0) is 9.84 Å². The molecule has 20 heavy (non-hydrogen) atoms. The Hall–Kier alpha value is -1.35. The summed E-state index contributed by atoms with van der Waals surface area (Å²) in [5.74, 6) is -3.12. The zero-order chi connectivity index (χ0) is 14.9. The molecule has 0 amide bonds. The molecule has 2 rings (SSSR count). The first-order chi connectivity index (χ1) is 9.30. The van der Waals surface area contributed by atoms with Crippen molar-refractivity contribution in [3.05, 3.63) is 12.4 Å². The van der Waals surface area contributed by atoms with Crippen LogP contribution in [-0.4, -0.2) is 49.3 Å². The minimum atomic E-state index is -4.64. The van der Waals surface area contributed by atoms with Gasteiger partial charge < -0.3 is 10.2 Å². The van der Waals surface area contributed by atoms with Gasteiger partial charge in [-0.15, -0.1) is 0 Å². The van der Waals surface area contributed by atoms with Gasteiger partial charge in [0.05, 0.1) is 12.4 Å². The largest absolute Gasteiger partial charge is 0.341 e. The lowest BCUT2D eigenvalue weighted by Crippen LogP contribution is -2.54. The van der Waals surface area contributed by atoms with Gasteiger partial charge in [-0.1, -0.05) is 0 Å². The van der Waals surface area contributed by atoms with Gasteiger partial charge >= 0.3 is 5.76 Å². The maximum absolute atomic E-state index is 12.4. The molecule has 0 bridgehead atoms. The number of hydrogen-bond donors (Lipinski definition) is 1. The van der Waals surface area contributed by atoms with E-state index >= 15 is 0 Å². The smallest absolute Gasteiger partial charge is 0.338 e. The van der Waals surface area contributed by atoms with Crippen LogP contribution in [0.3, 0.4) is 0 Å². The van der Waals surface area contributed by atoms with E-state index in [1.165, 1.54) is 0 Å². The molecule has 0 aromatic carbocycles. The Kier molecular flexibility index (Phi) is 4.19. The van der Waals surface area contributed by atoms with Crippen molar-refractivity contribution in [2.75, 3.05) is 18.0 Å². The Morgan fingerprint density at radius 3 is 2.20 bits per heavy atom. The SMILES string of the molecule is C[C@@H]1CN(c2ncc(S(=O)(=O)C(F)F)cn2)C[C@H](C)N1. The summed E-state index contributed by atoms with van der Waals surface area (Å²) in [6, 6.07) is 0.485. The molecule has 1 aliphatic heterocycles. The molecule has 1 fully saturated rings. The molecular formula is C11H16F2N4O2S. The second kappa shape index (κ2) is 5.57. The third-order valence-corrected chi connectivity index (χ3v) is 4.36. The van der Waals surface area contributed by atoms with Gasteiger partial charge in [-0.05, 0) is 13.8 Å². The quantitative estimate of drug-likeness (QED) is 0.884. The molecule has 0 aliphatic carbocycles. The van der Waals surface area contributed by atoms with E-state index in [-0.39, 0.29) is 12.1 Å². The Bertz CT molecular complexity index is 554. The van der Waals surface area contributed by atoms with Crippen LogP contribution in [0.5, 0.6) is 0 Å². The number of aromatic nitrogens is 2. The van der Waals surface area contributed by atoms with Gasteiger partial charge in [0.15, 0.2) is 0 Å². The van der Waals surface area contributed by atoms with Crippen LogP contribution >= 0.6 is 0 Å². The van der Waals surface area contributed by atoms with Crippen LogP contribution in [0.1, 0.15) is 13.8 Å². The average molecular weight is 306 g/mol. The fraction of sp³-hybridized carbons (Fsp3) is 0.636. The number of rotatable bonds is 3. The van der Waals surface area contributed by atoms with Crippen LogP contribution in [0.15, 0.2) is 17.3 Å². The van der Waals surface area contributed by atoms with Crippen molar-refractivity contribution >= 4 is 15.8 Å². The molecule has 0 radical (unpaired) electrons. The van der Waals surface area contributed by atoms with Gasteiger partial charge in [0, 0.05) is 25.2 Å². The lowest BCUT2D eigenvalue weighted by molar-refractivity contribution is 0.234. The highest BCUT2D eigenvalue weighted by molar-refractivity contribution is 7.91. The molecule has 2 heterocycles. The summed E-state index contributed by atoms with van der Waals surface area (Å²) in [4.78, 5) is 9.12. The number of alkyl halides is 2. The standard InChI is InChI=1S/C11H16F2N4O2S/c1-7-5-17(6-8(2)16-7)11-14-3-9(4-15-11)20(18,19)10(12)13/h3-4,7-8,10,16H,5-6H2,1-2H3/t7-,8+. The van der Waals surface area contributed by atoms with Crippen molar-refractivity contribution in [1.82, 2.24) is 15.3 Å². The first-order valence-corrected chi connectivity index (χ1v) is 7.70. The van der Waals surface area contributed by atoms with Gasteiger partial charge in [-0.25, -0.2) is 18.4 Å². The number of nitrogens with zero attached hydrogens (tertiary/aromatic N) is 3. The Morgan fingerprint density at radius 2 is 1.75 bits per heavy atom. The van der Waals surface area contributed by atoms with E-state index in [0.717, 1.165) is 12.4 Å². The lowest BCUT2D eigenvalue weighted by Gasteiger charge is -2.36. The van der Waals surface area contributed by atoms with E-state index < -0.39 is 20.5 Å². The van der Waals surface area contributed by atoms with E-state index in [0.29, 0.717) is 19.0 Å². The van der Waals surface area contributed by atoms with Crippen LogP contribution in [0.4, 0.5) is 14.7 Å². The maximum Gasteiger partial charge on any atom is 0.341 e. The van der Waals surface area contributed by atoms with E-state index in [1.807, 2.05) is 18.7 Å². The topological polar surface area (TPSA) is 75.2 Å². The summed E-state index contributed by atoms with van der Waals surface area (Å²) in [5.41, 5.74) is 0. The summed E-state index contributed by atoms with van der Waals surface area (Å²) < 4.78 is 47.3. The van der Waals surface area contributed by atoms with E-state index in [9.17, 15) is 17.2 Å². The van der Waals surface area contributed by atoms with Crippen molar-refractivity contribution in [2.24, 2.45) is 0 Å². The van der Waals surface area contributed by atoms with E-state index in [1.54, 1.807) is 0 Å². The number of hydrogen-bond acceptors (Lipinski definition) is 6. The Labute approximate surface area is 116 Å². The van der Waals surface area contributed by atoms with Gasteiger partial charge in [-0.3, -0.25) is 0 Å². The molecule has 2 atom stereocenters. The first-order valence-electron chi connectivity index (χ1n) is 6.16. The Balaban J connectivity index is 2.20. The highest BCUT2D eigenvalue weighted by Gasteiger charge is 2.28. The summed E-state index contributed by atoms with van der Waals surface area (Å²) >= 11 is 0. The molecule has 112 valence electrons. The molecule has 1 aliphatic rings. The van der Waals surface area contributed by atoms with Gasteiger partial charge in [0.1, 0.15) is 4.90 Å². The highest BCUT2D eigenvalue weighted by atomic mass is 32.2. The molecule has 6 nitrogen and oxygen atoms in total. The number of piperazine rings is 1. The van der Waals surface area contributed by atoms with Gasteiger partial charge in [-0.2, -0.15) is 8.78 Å². The van der Waals surface area contributed by atoms with Crippen molar-refractivity contribution < 1.29 is 17.2 Å². The van der Waals surface area contributed by atoms with Crippen molar-refractivity contribution in [3.63, 3.8) is 0 Å². The number of halogens is 2. The molecule has 0 spiro atoms. The molecule has 1 N–H and O–H groups in total. The number of sulfone groups is 1. The normalized spacial score (nSPS) is 24.1. The van der Waals surface area contributed by atoms with Crippen LogP contribution < -0.4 is 10.2 Å². The zero-order valence-corrected chi connectivity index (χ0v) is 11.9. The minimum absolute atomic E-state index is 0.242. The zero-order valence-electron chi connectivity index (χ0n) is 11.1. The lowest BCUT2D eigenvalue weighted by atomic mass is 10.1. The van der Waals surface area contributed by atoms with Gasteiger partial charge in [0.25, 0.3) is 0 Å². The second-order valence-corrected chi connectivity index (χ2v) is 6.82. The first kappa shape index (κ1) is 15.0. The summed E-state index contributed by atoms with van der Waals surface area (Å²) in [7, 11) is -4.64. The fourth-order valence-electron chi connectivity index (χ4n) is 2.21. The molecule has 0 unspecified atom stereocenters.